The summed E-state index contributed by atoms with van der Waals surface area (Å²) in [4.78, 5) is 2.23. The van der Waals surface area contributed by atoms with Crippen LogP contribution in [0.25, 0.3) is 16.9 Å². The van der Waals surface area contributed by atoms with Gasteiger partial charge in [0.05, 0.1) is 28.9 Å². The van der Waals surface area contributed by atoms with Crippen molar-refractivity contribution in [1.82, 2.24) is 15.0 Å². The highest BCUT2D eigenvalue weighted by Crippen LogP contribution is 2.51. The lowest BCUT2D eigenvalue weighted by molar-refractivity contribution is 0.477. The first-order valence-corrected chi connectivity index (χ1v) is 10.1. The van der Waals surface area contributed by atoms with Gasteiger partial charge in [-0.05, 0) is 42.5 Å². The van der Waals surface area contributed by atoms with Crippen LogP contribution in [0, 0.1) is 0 Å². The van der Waals surface area contributed by atoms with Crippen LogP contribution in [0.5, 0.6) is 11.5 Å². The molecule has 0 bridgehead atoms. The quantitative estimate of drug-likeness (QED) is 0.338. The molecule has 4 aromatic carbocycles. The van der Waals surface area contributed by atoms with Crippen molar-refractivity contribution in [2.24, 2.45) is 0 Å². The molecule has 0 aliphatic carbocycles. The fraction of sp³-hybridized carbons (Fsp3) is 0. The second kappa shape index (κ2) is 7.15. The van der Waals surface area contributed by atoms with Gasteiger partial charge >= 0.3 is 0 Å². The minimum absolute atomic E-state index is 0.806. The molecule has 1 aliphatic rings. The highest BCUT2D eigenvalue weighted by molar-refractivity contribution is 5.92. The summed E-state index contributed by atoms with van der Waals surface area (Å²) >= 11 is 0. The Balaban J connectivity index is 1.52. The number of hydrogen-bond donors (Lipinski definition) is 0. The molecule has 0 atom stereocenters. The van der Waals surface area contributed by atoms with Crippen molar-refractivity contribution >= 4 is 17.1 Å². The maximum absolute atomic E-state index is 6.16. The molecular weight excluding hydrogens is 384 g/mol. The van der Waals surface area contributed by atoms with Crippen LogP contribution >= 0.6 is 0 Å². The summed E-state index contributed by atoms with van der Waals surface area (Å²) in [6, 6.07) is 34.4. The molecule has 1 aromatic heterocycles. The number of fused-ring (bicyclic) bond motifs is 2. The average Bonchev–Trinajstić information content (AvgIpc) is 3.33. The molecule has 0 unspecified atom stereocenters. The van der Waals surface area contributed by atoms with E-state index in [0.717, 1.165) is 45.5 Å². The summed E-state index contributed by atoms with van der Waals surface area (Å²) in [6.07, 6.45) is 1.96. The number of nitrogens with zero attached hydrogens (tertiary/aromatic N) is 4. The number of ether oxygens (including phenoxy) is 1. The van der Waals surface area contributed by atoms with E-state index in [2.05, 4.69) is 39.5 Å². The third-order valence-corrected chi connectivity index (χ3v) is 5.37. The molecule has 6 rings (SSSR count). The normalized spacial score (nSPS) is 12.1. The monoisotopic (exact) mass is 402 g/mol. The van der Waals surface area contributed by atoms with Gasteiger partial charge in [0.25, 0.3) is 0 Å². The van der Waals surface area contributed by atoms with E-state index in [1.54, 1.807) is 4.68 Å². The third kappa shape index (κ3) is 2.95. The second-order valence-electron chi connectivity index (χ2n) is 7.27. The van der Waals surface area contributed by atoms with Crippen molar-refractivity contribution in [1.29, 1.82) is 0 Å². The van der Waals surface area contributed by atoms with Crippen molar-refractivity contribution in [2.45, 2.75) is 0 Å². The van der Waals surface area contributed by atoms with Gasteiger partial charge in [-0.25, -0.2) is 4.68 Å². The molecule has 0 saturated carbocycles. The topological polar surface area (TPSA) is 43.2 Å². The van der Waals surface area contributed by atoms with Crippen LogP contribution in [0.15, 0.2) is 109 Å². The first kappa shape index (κ1) is 17.5. The smallest absolute Gasteiger partial charge is 0.151 e. The highest BCUT2D eigenvalue weighted by atomic mass is 16.5. The van der Waals surface area contributed by atoms with Crippen LogP contribution in [0.4, 0.5) is 17.1 Å². The summed E-state index contributed by atoms with van der Waals surface area (Å²) < 4.78 is 7.96. The highest BCUT2D eigenvalue weighted by Gasteiger charge is 2.27. The molecule has 0 N–H and O–H groups in total. The van der Waals surface area contributed by atoms with Crippen LogP contribution < -0.4 is 9.64 Å². The van der Waals surface area contributed by atoms with Crippen LogP contribution in [0.2, 0.25) is 0 Å². The summed E-state index contributed by atoms with van der Waals surface area (Å²) in [7, 11) is 0. The van der Waals surface area contributed by atoms with Crippen LogP contribution in [-0.4, -0.2) is 15.0 Å². The summed E-state index contributed by atoms with van der Waals surface area (Å²) in [6.45, 7) is 0. The van der Waals surface area contributed by atoms with E-state index in [0.29, 0.717) is 0 Å². The molecule has 0 radical (unpaired) electrons. The van der Waals surface area contributed by atoms with E-state index in [9.17, 15) is 0 Å². The number of para-hydroxylation sites is 6. The molecule has 5 heteroatoms. The maximum atomic E-state index is 6.16. The summed E-state index contributed by atoms with van der Waals surface area (Å²) in [5, 5.41) is 8.85. The molecule has 31 heavy (non-hydrogen) atoms. The Bertz CT molecular complexity index is 1330. The molecule has 5 nitrogen and oxygen atoms in total. The lowest BCUT2D eigenvalue weighted by Crippen LogP contribution is -2.16. The lowest BCUT2D eigenvalue weighted by atomic mass is 10.1. The van der Waals surface area contributed by atoms with Gasteiger partial charge in [-0.2, -0.15) is 0 Å². The Hall–Kier alpha value is -4.38. The van der Waals surface area contributed by atoms with Gasteiger partial charge in [-0.15, -0.1) is 5.10 Å². The molecule has 0 fully saturated rings. The van der Waals surface area contributed by atoms with E-state index >= 15 is 0 Å². The van der Waals surface area contributed by atoms with E-state index in [1.165, 1.54) is 0 Å². The van der Waals surface area contributed by atoms with E-state index < -0.39 is 0 Å². The van der Waals surface area contributed by atoms with Crippen molar-refractivity contribution in [3.8, 4) is 28.4 Å². The number of benzene rings is 4. The molecule has 0 spiro atoms. The van der Waals surface area contributed by atoms with E-state index in [4.69, 9.17) is 4.74 Å². The zero-order chi connectivity index (χ0) is 20.6. The van der Waals surface area contributed by atoms with Crippen molar-refractivity contribution < 1.29 is 4.74 Å². The van der Waals surface area contributed by atoms with Gasteiger partial charge in [0.1, 0.15) is 5.69 Å². The van der Waals surface area contributed by atoms with E-state index in [1.807, 2.05) is 85.1 Å². The second-order valence-corrected chi connectivity index (χ2v) is 7.27. The minimum atomic E-state index is 0.806. The Morgan fingerprint density at radius 2 is 1.16 bits per heavy atom. The summed E-state index contributed by atoms with van der Waals surface area (Å²) in [5.74, 6) is 1.65. The lowest BCUT2D eigenvalue weighted by Gasteiger charge is -2.33. The molecule has 2 heterocycles. The van der Waals surface area contributed by atoms with E-state index in [-0.39, 0.29) is 0 Å². The zero-order valence-electron chi connectivity index (χ0n) is 16.6. The van der Waals surface area contributed by atoms with Crippen LogP contribution in [0.3, 0.4) is 0 Å². The predicted molar refractivity (Wildman–Crippen MR) is 122 cm³/mol. The molecule has 0 saturated heterocycles. The Kier molecular flexibility index (Phi) is 4.03. The van der Waals surface area contributed by atoms with Gasteiger partial charge < -0.3 is 9.64 Å². The first-order chi connectivity index (χ1) is 15.4. The standard InChI is InChI=1S/C26H18N4O/c1-2-10-19(11-3-1)29-18-21(27-28-29)20-12-4-5-13-22(20)30-23-14-6-8-16-25(23)31-26-17-9-7-15-24(26)30/h1-18H. The first-order valence-electron chi connectivity index (χ1n) is 10.1. The fourth-order valence-electron chi connectivity index (χ4n) is 3.94. The van der Waals surface area contributed by atoms with Crippen molar-refractivity contribution in [3.63, 3.8) is 0 Å². The van der Waals surface area contributed by atoms with Gasteiger partial charge in [0.2, 0.25) is 0 Å². The molecular formula is C26H18N4O. The van der Waals surface area contributed by atoms with Gasteiger partial charge in [0, 0.05) is 5.56 Å². The Morgan fingerprint density at radius 3 is 1.87 bits per heavy atom. The molecule has 1 aliphatic heterocycles. The number of rotatable bonds is 3. The average molecular weight is 402 g/mol. The third-order valence-electron chi connectivity index (χ3n) is 5.37. The Morgan fingerprint density at radius 1 is 0.581 bits per heavy atom. The molecule has 0 amide bonds. The zero-order valence-corrected chi connectivity index (χ0v) is 16.6. The largest absolute Gasteiger partial charge is 0.453 e. The predicted octanol–water partition coefficient (Wildman–Crippen LogP) is 6.51. The van der Waals surface area contributed by atoms with Gasteiger partial charge in [-0.3, -0.25) is 0 Å². The SMILES string of the molecule is c1ccc(-n2cc(-c3ccccc3N3c4ccccc4Oc4ccccc43)nn2)cc1. The van der Waals surface area contributed by atoms with Crippen LogP contribution in [-0.2, 0) is 0 Å². The molecule has 5 aromatic rings. The number of hydrogen-bond acceptors (Lipinski definition) is 4. The van der Waals surface area contributed by atoms with Crippen LogP contribution in [0.1, 0.15) is 0 Å². The van der Waals surface area contributed by atoms with Crippen molar-refractivity contribution in [2.75, 3.05) is 4.90 Å². The minimum Gasteiger partial charge on any atom is -0.453 e. The number of anilines is 3. The van der Waals surface area contributed by atoms with Crippen molar-refractivity contribution in [3.05, 3.63) is 109 Å². The summed E-state index contributed by atoms with van der Waals surface area (Å²) in [5.41, 5.74) is 5.77. The molecule has 148 valence electrons. The van der Waals surface area contributed by atoms with Gasteiger partial charge in [-0.1, -0.05) is 65.9 Å². The Labute approximate surface area is 179 Å². The fourth-order valence-corrected chi connectivity index (χ4v) is 3.94. The number of aromatic nitrogens is 3. The maximum Gasteiger partial charge on any atom is 0.151 e. The van der Waals surface area contributed by atoms with Gasteiger partial charge in [0.15, 0.2) is 11.5 Å².